The van der Waals surface area contributed by atoms with Crippen LogP contribution in [-0.2, 0) is 0 Å². The van der Waals surface area contributed by atoms with E-state index in [1.807, 2.05) is 0 Å². The Kier molecular flexibility index (Phi) is 11.4. The second kappa shape index (κ2) is 11.3. The summed E-state index contributed by atoms with van der Waals surface area (Å²) in [7, 11) is 0. The molecular weight excluding hydrogens is 208 g/mol. The van der Waals surface area contributed by atoms with Crippen LogP contribution in [0.2, 0.25) is 0 Å². The number of hydrogen-bond donors (Lipinski definition) is 2. The highest BCUT2D eigenvalue weighted by Crippen LogP contribution is 2.04. The molecule has 2 heteroatoms. The molecule has 0 bridgehead atoms. The molecular formula is C12H22S2. The fourth-order valence-electron chi connectivity index (χ4n) is 1.09. The van der Waals surface area contributed by atoms with Crippen LogP contribution in [0.25, 0.3) is 0 Å². The van der Waals surface area contributed by atoms with Crippen LogP contribution in [0, 0.1) is 5.92 Å². The van der Waals surface area contributed by atoms with E-state index in [0.717, 1.165) is 11.5 Å². The van der Waals surface area contributed by atoms with Crippen molar-refractivity contribution in [1.82, 2.24) is 0 Å². The van der Waals surface area contributed by atoms with Gasteiger partial charge in [0.1, 0.15) is 0 Å². The van der Waals surface area contributed by atoms with Crippen LogP contribution in [0.15, 0.2) is 24.3 Å². The lowest BCUT2D eigenvalue weighted by Crippen LogP contribution is -1.98. The largest absolute Gasteiger partial charge is 0.179 e. The molecule has 0 heterocycles. The summed E-state index contributed by atoms with van der Waals surface area (Å²) in [6.07, 6.45) is 13.8. The SMILES string of the molecule is CCCCCC=CC=CC(CS)CS. The van der Waals surface area contributed by atoms with Crippen LogP contribution in [0.4, 0.5) is 0 Å². The van der Waals surface area contributed by atoms with Gasteiger partial charge in [-0.1, -0.05) is 44.1 Å². The first-order chi connectivity index (χ1) is 6.85. The van der Waals surface area contributed by atoms with Gasteiger partial charge in [-0.3, -0.25) is 0 Å². The Morgan fingerprint density at radius 2 is 1.79 bits per heavy atom. The molecule has 82 valence electrons. The maximum Gasteiger partial charge on any atom is -0.00269 e. The standard InChI is InChI=1S/C12H22S2/c1-2-3-4-5-6-7-8-9-12(10-13)11-14/h6-9,12-14H,2-5,10-11H2,1H3. The van der Waals surface area contributed by atoms with Crippen molar-refractivity contribution in [2.75, 3.05) is 11.5 Å². The average molecular weight is 230 g/mol. The van der Waals surface area contributed by atoms with E-state index >= 15 is 0 Å². The van der Waals surface area contributed by atoms with Crippen molar-refractivity contribution in [1.29, 1.82) is 0 Å². The van der Waals surface area contributed by atoms with Crippen molar-refractivity contribution in [3.8, 4) is 0 Å². The zero-order valence-corrected chi connectivity index (χ0v) is 10.8. The van der Waals surface area contributed by atoms with Crippen LogP contribution in [0.5, 0.6) is 0 Å². The van der Waals surface area contributed by atoms with Gasteiger partial charge in [-0.15, -0.1) is 0 Å². The lowest BCUT2D eigenvalue weighted by Gasteiger charge is -2.01. The molecule has 0 aromatic heterocycles. The normalized spacial score (nSPS) is 12.3. The zero-order chi connectivity index (χ0) is 10.6. The van der Waals surface area contributed by atoms with Crippen molar-refractivity contribution >= 4 is 25.3 Å². The quantitative estimate of drug-likeness (QED) is 0.349. The summed E-state index contributed by atoms with van der Waals surface area (Å²) in [4.78, 5) is 0. The van der Waals surface area contributed by atoms with Gasteiger partial charge in [-0.05, 0) is 30.3 Å². The Morgan fingerprint density at radius 1 is 1.07 bits per heavy atom. The first-order valence-corrected chi connectivity index (χ1v) is 6.66. The first-order valence-electron chi connectivity index (χ1n) is 5.40. The second-order valence-electron chi connectivity index (χ2n) is 3.43. The van der Waals surface area contributed by atoms with E-state index in [2.05, 4.69) is 56.5 Å². The lowest BCUT2D eigenvalue weighted by molar-refractivity contribution is 0.729. The van der Waals surface area contributed by atoms with Gasteiger partial charge in [0.15, 0.2) is 0 Å². The molecule has 0 aromatic carbocycles. The van der Waals surface area contributed by atoms with Crippen LogP contribution < -0.4 is 0 Å². The van der Waals surface area contributed by atoms with Crippen molar-refractivity contribution in [3.05, 3.63) is 24.3 Å². The van der Waals surface area contributed by atoms with E-state index in [4.69, 9.17) is 0 Å². The minimum atomic E-state index is 0.502. The topological polar surface area (TPSA) is 0 Å². The molecule has 0 fully saturated rings. The van der Waals surface area contributed by atoms with E-state index in [0.29, 0.717) is 5.92 Å². The minimum absolute atomic E-state index is 0.502. The zero-order valence-electron chi connectivity index (χ0n) is 9.02. The maximum atomic E-state index is 4.24. The Balaban J connectivity index is 3.48. The van der Waals surface area contributed by atoms with Crippen molar-refractivity contribution in [2.24, 2.45) is 5.92 Å². The van der Waals surface area contributed by atoms with E-state index in [-0.39, 0.29) is 0 Å². The Morgan fingerprint density at radius 3 is 2.36 bits per heavy atom. The van der Waals surface area contributed by atoms with E-state index in [1.54, 1.807) is 0 Å². The predicted octanol–water partition coefficient (Wildman–Crippen LogP) is 4.15. The number of allylic oxidation sites excluding steroid dienone is 4. The predicted molar refractivity (Wildman–Crippen MR) is 73.6 cm³/mol. The Labute approximate surface area is 99.7 Å². The molecule has 0 aliphatic heterocycles. The number of unbranched alkanes of at least 4 members (excludes halogenated alkanes) is 3. The van der Waals surface area contributed by atoms with Crippen molar-refractivity contribution in [2.45, 2.75) is 32.6 Å². The highest BCUT2D eigenvalue weighted by atomic mass is 32.1. The highest BCUT2D eigenvalue weighted by molar-refractivity contribution is 7.81. The molecule has 0 aromatic rings. The molecule has 0 atom stereocenters. The molecule has 0 aliphatic carbocycles. The summed E-state index contributed by atoms with van der Waals surface area (Å²) in [5, 5.41) is 0. The van der Waals surface area contributed by atoms with E-state index < -0.39 is 0 Å². The second-order valence-corrected chi connectivity index (χ2v) is 4.16. The smallest absolute Gasteiger partial charge is 0.00269 e. The number of thiol groups is 2. The first kappa shape index (κ1) is 14.2. The van der Waals surface area contributed by atoms with Crippen LogP contribution in [-0.4, -0.2) is 11.5 Å². The summed E-state index contributed by atoms with van der Waals surface area (Å²) in [5.41, 5.74) is 0. The van der Waals surface area contributed by atoms with Gasteiger partial charge < -0.3 is 0 Å². The van der Waals surface area contributed by atoms with Gasteiger partial charge in [0.25, 0.3) is 0 Å². The van der Waals surface area contributed by atoms with Gasteiger partial charge in [0.05, 0.1) is 0 Å². The minimum Gasteiger partial charge on any atom is -0.179 e. The third-order valence-corrected chi connectivity index (χ3v) is 3.01. The van der Waals surface area contributed by atoms with Crippen LogP contribution >= 0.6 is 25.3 Å². The number of hydrogen-bond acceptors (Lipinski definition) is 2. The van der Waals surface area contributed by atoms with Crippen molar-refractivity contribution in [3.63, 3.8) is 0 Å². The summed E-state index contributed by atoms with van der Waals surface area (Å²) >= 11 is 8.49. The summed E-state index contributed by atoms with van der Waals surface area (Å²) in [6.45, 7) is 2.23. The van der Waals surface area contributed by atoms with Gasteiger partial charge in [0, 0.05) is 0 Å². The Bertz CT molecular complexity index is 158. The molecule has 0 rings (SSSR count). The van der Waals surface area contributed by atoms with Gasteiger partial charge >= 0.3 is 0 Å². The third-order valence-electron chi connectivity index (χ3n) is 2.07. The summed E-state index contributed by atoms with van der Waals surface area (Å²) in [5.74, 6) is 2.26. The van der Waals surface area contributed by atoms with Gasteiger partial charge in [-0.25, -0.2) is 0 Å². The Hall–Kier alpha value is 0.180. The average Bonchev–Trinajstić information content (AvgIpc) is 2.22. The van der Waals surface area contributed by atoms with Gasteiger partial charge in [0.2, 0.25) is 0 Å². The lowest BCUT2D eigenvalue weighted by atomic mass is 10.2. The molecule has 0 unspecified atom stereocenters. The molecule has 0 spiro atoms. The molecule has 0 saturated heterocycles. The summed E-state index contributed by atoms with van der Waals surface area (Å²) in [6, 6.07) is 0. The summed E-state index contributed by atoms with van der Waals surface area (Å²) < 4.78 is 0. The molecule has 0 N–H and O–H groups in total. The third kappa shape index (κ3) is 8.76. The van der Waals surface area contributed by atoms with Crippen LogP contribution in [0.1, 0.15) is 32.6 Å². The molecule has 0 saturated carbocycles. The molecule has 0 aliphatic rings. The van der Waals surface area contributed by atoms with E-state index in [9.17, 15) is 0 Å². The molecule has 0 amide bonds. The fourth-order valence-corrected chi connectivity index (χ4v) is 1.79. The van der Waals surface area contributed by atoms with Crippen LogP contribution in [0.3, 0.4) is 0 Å². The maximum absolute atomic E-state index is 4.24. The molecule has 0 nitrogen and oxygen atoms in total. The molecule has 0 radical (unpaired) electrons. The monoisotopic (exact) mass is 230 g/mol. The van der Waals surface area contributed by atoms with E-state index in [1.165, 1.54) is 25.7 Å². The van der Waals surface area contributed by atoms with Crippen molar-refractivity contribution < 1.29 is 0 Å². The molecule has 14 heavy (non-hydrogen) atoms. The fraction of sp³-hybridized carbons (Fsp3) is 0.667. The highest BCUT2D eigenvalue weighted by Gasteiger charge is 1.95. The number of rotatable bonds is 8. The van der Waals surface area contributed by atoms with Gasteiger partial charge in [-0.2, -0.15) is 25.3 Å².